The summed E-state index contributed by atoms with van der Waals surface area (Å²) in [6, 6.07) is 18.2. The van der Waals surface area contributed by atoms with E-state index in [1.54, 1.807) is 30.3 Å². The molecular formula is C39H50O5. The molecule has 0 bridgehead atoms. The van der Waals surface area contributed by atoms with Gasteiger partial charge in [-0.1, -0.05) is 128 Å². The summed E-state index contributed by atoms with van der Waals surface area (Å²) in [7, 11) is 0. The van der Waals surface area contributed by atoms with Gasteiger partial charge in [-0.25, -0.2) is 4.79 Å². The first kappa shape index (κ1) is 33.3. The third-order valence-electron chi connectivity index (χ3n) is 8.58. The summed E-state index contributed by atoms with van der Waals surface area (Å²) in [5.41, 5.74) is 3.02. The van der Waals surface area contributed by atoms with Gasteiger partial charge in [0.05, 0.1) is 18.8 Å². The largest absolute Gasteiger partial charge is 0.493 e. The van der Waals surface area contributed by atoms with Crippen molar-refractivity contribution in [3.8, 4) is 28.4 Å². The van der Waals surface area contributed by atoms with Crippen LogP contribution in [0.5, 0.6) is 17.2 Å². The van der Waals surface area contributed by atoms with Crippen LogP contribution in [-0.2, 0) is 0 Å². The van der Waals surface area contributed by atoms with Gasteiger partial charge in [0.1, 0.15) is 22.8 Å². The van der Waals surface area contributed by atoms with Gasteiger partial charge in [-0.2, -0.15) is 0 Å². The summed E-state index contributed by atoms with van der Waals surface area (Å²) in [4.78, 5) is 26.9. The van der Waals surface area contributed by atoms with Gasteiger partial charge in [0.2, 0.25) is 0 Å². The lowest BCUT2D eigenvalue weighted by molar-refractivity contribution is 0.0730. The molecule has 1 atom stereocenters. The van der Waals surface area contributed by atoms with E-state index in [-0.39, 0.29) is 11.3 Å². The van der Waals surface area contributed by atoms with Gasteiger partial charge in [0.15, 0.2) is 5.78 Å². The number of esters is 1. The molecule has 0 aliphatic heterocycles. The molecule has 0 saturated carbocycles. The number of unbranched alkanes of at least 4 members (excludes halogenated alkanes) is 11. The molecule has 3 aromatic rings. The second-order valence-electron chi connectivity index (χ2n) is 12.2. The van der Waals surface area contributed by atoms with Crippen molar-refractivity contribution in [3.05, 3.63) is 77.4 Å². The lowest BCUT2D eigenvalue weighted by Gasteiger charge is -2.15. The maximum Gasteiger partial charge on any atom is 0.347 e. The highest BCUT2D eigenvalue weighted by atomic mass is 16.5. The number of carbonyl (C=O) groups excluding carboxylic acids is 2. The molecule has 0 radical (unpaired) electrons. The van der Waals surface area contributed by atoms with E-state index in [2.05, 4.69) is 20.8 Å². The lowest BCUT2D eigenvalue weighted by Crippen LogP contribution is -2.14. The Kier molecular flexibility index (Phi) is 13.3. The molecule has 4 rings (SSSR count). The van der Waals surface area contributed by atoms with E-state index in [4.69, 9.17) is 14.2 Å². The second-order valence-corrected chi connectivity index (χ2v) is 12.2. The number of hydrogen-bond acceptors (Lipinski definition) is 5. The first-order chi connectivity index (χ1) is 21.5. The zero-order valence-corrected chi connectivity index (χ0v) is 27.0. The number of carbonyl (C=O) groups is 2. The highest BCUT2D eigenvalue weighted by molar-refractivity contribution is 6.24. The van der Waals surface area contributed by atoms with Crippen LogP contribution >= 0.6 is 0 Å². The minimum Gasteiger partial charge on any atom is -0.493 e. The predicted octanol–water partition coefficient (Wildman–Crippen LogP) is 10.6. The Morgan fingerprint density at radius 3 is 1.89 bits per heavy atom. The fourth-order valence-electron chi connectivity index (χ4n) is 5.63. The van der Waals surface area contributed by atoms with E-state index in [1.165, 1.54) is 64.2 Å². The Balaban J connectivity index is 1.35. The molecule has 0 heterocycles. The van der Waals surface area contributed by atoms with Crippen LogP contribution in [0.2, 0.25) is 0 Å². The standard InChI is InChI=1S/C39H50O5/c1-4-6-7-8-9-10-11-12-13-14-15-18-27-42-38-35(26-25-33-32-19-16-17-20-34(32)37(40)36(33)38)39(41)44-31-23-21-30(22-24-31)43-28-29(3)5-2/h16-17,19-26,29H,4-15,18,27-28H2,1-3H3. The van der Waals surface area contributed by atoms with Crippen LogP contribution in [-0.4, -0.2) is 25.0 Å². The predicted molar refractivity (Wildman–Crippen MR) is 178 cm³/mol. The molecule has 1 unspecified atom stereocenters. The fraction of sp³-hybridized carbons (Fsp3) is 0.487. The molecule has 5 nitrogen and oxygen atoms in total. The Labute approximate surface area is 264 Å². The van der Waals surface area contributed by atoms with Crippen molar-refractivity contribution in [1.29, 1.82) is 0 Å². The Hall–Kier alpha value is -3.60. The molecular weight excluding hydrogens is 548 g/mol. The Morgan fingerprint density at radius 2 is 1.25 bits per heavy atom. The number of ketones is 1. The quantitative estimate of drug-likeness (QED) is 0.0575. The van der Waals surface area contributed by atoms with Crippen LogP contribution in [0.25, 0.3) is 11.1 Å². The van der Waals surface area contributed by atoms with Gasteiger partial charge in [0.25, 0.3) is 0 Å². The van der Waals surface area contributed by atoms with Crippen LogP contribution in [0, 0.1) is 5.92 Å². The Bertz CT molecular complexity index is 1340. The SMILES string of the molecule is CCCCCCCCCCCCCCOc1c(C(=O)Oc2ccc(OCC(C)CC)cc2)ccc2c1C(=O)c1ccccc1-2. The minimum absolute atomic E-state index is 0.113. The molecule has 0 fully saturated rings. The van der Waals surface area contributed by atoms with Crippen LogP contribution in [0.15, 0.2) is 60.7 Å². The molecule has 1 aliphatic rings. The van der Waals surface area contributed by atoms with Gasteiger partial charge in [-0.05, 0) is 53.8 Å². The van der Waals surface area contributed by atoms with Crippen LogP contribution < -0.4 is 14.2 Å². The van der Waals surface area contributed by atoms with Crippen molar-refractivity contribution in [1.82, 2.24) is 0 Å². The van der Waals surface area contributed by atoms with Crippen molar-refractivity contribution in [3.63, 3.8) is 0 Å². The van der Waals surface area contributed by atoms with E-state index in [0.717, 1.165) is 36.1 Å². The zero-order chi connectivity index (χ0) is 31.1. The molecule has 44 heavy (non-hydrogen) atoms. The average molecular weight is 599 g/mol. The first-order valence-electron chi connectivity index (χ1n) is 16.9. The molecule has 0 saturated heterocycles. The number of rotatable bonds is 20. The maximum absolute atomic E-state index is 13.5. The molecule has 236 valence electrons. The first-order valence-corrected chi connectivity index (χ1v) is 16.9. The number of ether oxygens (including phenoxy) is 3. The molecule has 3 aromatic carbocycles. The van der Waals surface area contributed by atoms with E-state index in [9.17, 15) is 9.59 Å². The number of hydrogen-bond donors (Lipinski definition) is 0. The summed E-state index contributed by atoms with van der Waals surface area (Å²) in [5, 5.41) is 0. The monoisotopic (exact) mass is 598 g/mol. The van der Waals surface area contributed by atoms with E-state index < -0.39 is 5.97 Å². The highest BCUT2D eigenvalue weighted by Crippen LogP contribution is 2.43. The van der Waals surface area contributed by atoms with Gasteiger partial charge in [-0.3, -0.25) is 4.79 Å². The van der Waals surface area contributed by atoms with Crippen molar-refractivity contribution >= 4 is 11.8 Å². The maximum atomic E-state index is 13.5. The third kappa shape index (κ3) is 9.20. The van der Waals surface area contributed by atoms with Crippen LogP contribution in [0.4, 0.5) is 0 Å². The van der Waals surface area contributed by atoms with Gasteiger partial charge >= 0.3 is 5.97 Å². The molecule has 0 amide bonds. The summed E-state index contributed by atoms with van der Waals surface area (Å²) in [6.07, 6.45) is 16.1. The third-order valence-corrected chi connectivity index (χ3v) is 8.58. The number of benzene rings is 3. The molecule has 0 spiro atoms. The Morgan fingerprint density at radius 1 is 0.659 bits per heavy atom. The molecule has 1 aliphatic carbocycles. The summed E-state index contributed by atoms with van der Waals surface area (Å²) in [6.45, 7) is 7.63. The lowest BCUT2D eigenvalue weighted by atomic mass is 10.0. The minimum atomic E-state index is -0.547. The fourth-order valence-corrected chi connectivity index (χ4v) is 5.63. The van der Waals surface area contributed by atoms with E-state index >= 15 is 0 Å². The van der Waals surface area contributed by atoms with E-state index in [0.29, 0.717) is 41.8 Å². The molecule has 5 heteroatoms. The number of fused-ring (bicyclic) bond motifs is 3. The van der Waals surface area contributed by atoms with Gasteiger partial charge in [0, 0.05) is 5.56 Å². The smallest absolute Gasteiger partial charge is 0.347 e. The average Bonchev–Trinajstić information content (AvgIpc) is 3.34. The summed E-state index contributed by atoms with van der Waals surface area (Å²) in [5.74, 6) is 1.28. The summed E-state index contributed by atoms with van der Waals surface area (Å²) >= 11 is 0. The second kappa shape index (κ2) is 17.6. The van der Waals surface area contributed by atoms with Gasteiger partial charge < -0.3 is 14.2 Å². The summed E-state index contributed by atoms with van der Waals surface area (Å²) < 4.78 is 17.9. The molecule has 0 aromatic heterocycles. The normalized spacial score (nSPS) is 12.5. The van der Waals surface area contributed by atoms with E-state index in [1.807, 2.05) is 30.3 Å². The van der Waals surface area contributed by atoms with Crippen molar-refractivity contribution in [2.45, 2.75) is 104 Å². The highest BCUT2D eigenvalue weighted by Gasteiger charge is 2.33. The molecule has 0 N–H and O–H groups in total. The van der Waals surface area contributed by atoms with Crippen LogP contribution in [0.3, 0.4) is 0 Å². The van der Waals surface area contributed by atoms with Crippen molar-refractivity contribution < 1.29 is 23.8 Å². The van der Waals surface area contributed by atoms with Gasteiger partial charge in [-0.15, -0.1) is 0 Å². The van der Waals surface area contributed by atoms with Crippen molar-refractivity contribution in [2.24, 2.45) is 5.92 Å². The van der Waals surface area contributed by atoms with Crippen molar-refractivity contribution in [2.75, 3.05) is 13.2 Å². The zero-order valence-electron chi connectivity index (χ0n) is 27.0. The topological polar surface area (TPSA) is 61.8 Å². The van der Waals surface area contributed by atoms with Crippen LogP contribution in [0.1, 0.15) is 131 Å².